The predicted molar refractivity (Wildman–Crippen MR) is 148 cm³/mol. The smallest absolute Gasteiger partial charge is 0.406 e. The molecule has 0 fully saturated rings. The van der Waals surface area contributed by atoms with Crippen LogP contribution in [0.4, 0.5) is 22.0 Å². The summed E-state index contributed by atoms with van der Waals surface area (Å²) in [6, 6.07) is 18.7. The summed E-state index contributed by atoms with van der Waals surface area (Å²) in [5.74, 6) is -0.0388. The van der Waals surface area contributed by atoms with E-state index in [0.717, 1.165) is 16.7 Å². The van der Waals surface area contributed by atoms with Crippen LogP contribution in [0.25, 0.3) is 33.8 Å². The van der Waals surface area contributed by atoms with Crippen LogP contribution in [0.1, 0.15) is 37.4 Å². The number of rotatable bonds is 8. The second-order valence-corrected chi connectivity index (χ2v) is 10.4. The average Bonchev–Trinajstić information content (AvgIpc) is 3.59. The van der Waals surface area contributed by atoms with Crippen LogP contribution in [-0.2, 0) is 5.41 Å². The first-order valence-corrected chi connectivity index (χ1v) is 12.9. The van der Waals surface area contributed by atoms with Gasteiger partial charge in [0, 0.05) is 23.7 Å². The molecule has 5 rings (SSSR count). The number of nitrogens with zero attached hydrogens (tertiary/aromatic N) is 5. The fraction of sp³-hybridized carbons (Fsp3) is 0.233. The monoisotopic (exact) mass is 582 g/mol. The van der Waals surface area contributed by atoms with Gasteiger partial charge in [0.15, 0.2) is 0 Å². The molecule has 218 valence electrons. The lowest BCUT2D eigenvalue weighted by Crippen LogP contribution is -2.27. The SMILES string of the molecule is Cc1nc(C(F)F)cn1-c1ccc(-c2cccc(C(C)(C)CN)c2)cc1-n1nncc1-c1ccc(OC(F)(F)F)cc1. The first-order chi connectivity index (χ1) is 19.9. The summed E-state index contributed by atoms with van der Waals surface area (Å²) < 4.78 is 72.1. The Balaban J connectivity index is 1.66. The van der Waals surface area contributed by atoms with Crippen molar-refractivity contribution >= 4 is 0 Å². The van der Waals surface area contributed by atoms with Gasteiger partial charge in [-0.1, -0.05) is 49.4 Å². The molecule has 7 nitrogen and oxygen atoms in total. The van der Waals surface area contributed by atoms with Crippen molar-refractivity contribution in [3.05, 3.63) is 96.2 Å². The molecule has 12 heteroatoms. The van der Waals surface area contributed by atoms with Gasteiger partial charge >= 0.3 is 6.36 Å². The number of hydrogen-bond acceptors (Lipinski definition) is 5. The zero-order chi connectivity index (χ0) is 30.2. The number of alkyl halides is 5. The van der Waals surface area contributed by atoms with Gasteiger partial charge in [0.25, 0.3) is 6.43 Å². The largest absolute Gasteiger partial charge is 0.573 e. The molecule has 3 aromatic carbocycles. The highest BCUT2D eigenvalue weighted by Gasteiger charge is 2.31. The third-order valence-corrected chi connectivity index (χ3v) is 7.01. The molecule has 0 unspecified atom stereocenters. The third-order valence-electron chi connectivity index (χ3n) is 7.01. The molecular formula is C30H27F5N6O. The molecule has 0 aliphatic heterocycles. The minimum Gasteiger partial charge on any atom is -0.406 e. The average molecular weight is 583 g/mol. The Morgan fingerprint density at radius 2 is 1.60 bits per heavy atom. The first kappa shape index (κ1) is 28.9. The van der Waals surface area contributed by atoms with E-state index in [0.29, 0.717) is 35.0 Å². The Morgan fingerprint density at radius 1 is 0.905 bits per heavy atom. The molecule has 2 N–H and O–H groups in total. The molecule has 0 aliphatic rings. The molecule has 0 saturated heterocycles. The second-order valence-electron chi connectivity index (χ2n) is 10.4. The quantitative estimate of drug-likeness (QED) is 0.196. The zero-order valence-corrected chi connectivity index (χ0v) is 22.9. The Kier molecular flexibility index (Phi) is 7.58. The van der Waals surface area contributed by atoms with Crippen molar-refractivity contribution in [3.63, 3.8) is 0 Å². The van der Waals surface area contributed by atoms with Crippen molar-refractivity contribution in [2.45, 2.75) is 39.0 Å². The molecule has 42 heavy (non-hydrogen) atoms. The van der Waals surface area contributed by atoms with E-state index in [4.69, 9.17) is 5.73 Å². The van der Waals surface area contributed by atoms with E-state index in [-0.39, 0.29) is 16.9 Å². The molecule has 0 saturated carbocycles. The van der Waals surface area contributed by atoms with Crippen LogP contribution in [-0.4, -0.2) is 37.5 Å². The lowest BCUT2D eigenvalue weighted by Gasteiger charge is -2.24. The highest BCUT2D eigenvalue weighted by atomic mass is 19.4. The van der Waals surface area contributed by atoms with E-state index in [9.17, 15) is 22.0 Å². The van der Waals surface area contributed by atoms with E-state index in [2.05, 4.69) is 33.9 Å². The Bertz CT molecular complexity index is 1710. The third kappa shape index (κ3) is 5.89. The van der Waals surface area contributed by atoms with Crippen molar-refractivity contribution in [2.24, 2.45) is 5.73 Å². The van der Waals surface area contributed by atoms with Crippen LogP contribution < -0.4 is 10.5 Å². The molecule has 0 aliphatic carbocycles. The van der Waals surface area contributed by atoms with Gasteiger partial charge in [-0.15, -0.1) is 18.3 Å². The van der Waals surface area contributed by atoms with Crippen molar-refractivity contribution in [2.75, 3.05) is 6.54 Å². The van der Waals surface area contributed by atoms with Crippen molar-refractivity contribution < 1.29 is 26.7 Å². The molecule has 2 aromatic heterocycles. The molecule has 2 heterocycles. The molecule has 0 radical (unpaired) electrons. The number of nitrogens with two attached hydrogens (primary N) is 1. The maximum Gasteiger partial charge on any atom is 0.573 e. The highest BCUT2D eigenvalue weighted by Crippen LogP contribution is 2.34. The summed E-state index contributed by atoms with van der Waals surface area (Å²) in [4.78, 5) is 4.01. The van der Waals surface area contributed by atoms with Crippen LogP contribution in [0.2, 0.25) is 0 Å². The lowest BCUT2D eigenvalue weighted by atomic mass is 9.83. The highest BCUT2D eigenvalue weighted by molar-refractivity contribution is 5.73. The fourth-order valence-electron chi connectivity index (χ4n) is 4.60. The Morgan fingerprint density at radius 3 is 2.24 bits per heavy atom. The number of ether oxygens (including phenoxy) is 1. The van der Waals surface area contributed by atoms with Gasteiger partial charge in [0.1, 0.15) is 17.3 Å². The van der Waals surface area contributed by atoms with Crippen LogP contribution in [0.5, 0.6) is 5.75 Å². The standard InChI is InChI=1S/C30H27F5N6O/c1-18-38-24(28(31)32)16-40(18)25-12-9-21(20-5-4-6-22(13-20)29(2,3)17-36)14-26(25)41-27(15-37-39-41)19-7-10-23(11-8-19)42-30(33,34)35/h4-16,28H,17,36H2,1-3H3. The van der Waals surface area contributed by atoms with Crippen molar-refractivity contribution in [1.82, 2.24) is 24.5 Å². The van der Waals surface area contributed by atoms with Crippen molar-refractivity contribution in [1.29, 1.82) is 0 Å². The van der Waals surface area contributed by atoms with E-state index in [1.807, 2.05) is 36.4 Å². The molecule has 0 atom stereocenters. The van der Waals surface area contributed by atoms with E-state index < -0.39 is 12.8 Å². The number of benzene rings is 3. The number of aryl methyl sites for hydroxylation is 1. The summed E-state index contributed by atoms with van der Waals surface area (Å²) in [7, 11) is 0. The van der Waals surface area contributed by atoms with Crippen LogP contribution >= 0.6 is 0 Å². The fourth-order valence-corrected chi connectivity index (χ4v) is 4.60. The number of imidazole rings is 1. The molecule has 0 bridgehead atoms. The van der Waals surface area contributed by atoms with Crippen molar-refractivity contribution in [3.8, 4) is 39.5 Å². The summed E-state index contributed by atoms with van der Waals surface area (Å²) in [5.41, 5.74) is 10.1. The minimum atomic E-state index is -4.82. The number of aromatic nitrogens is 5. The normalized spacial score (nSPS) is 12.2. The molecule has 0 amide bonds. The first-order valence-electron chi connectivity index (χ1n) is 12.9. The van der Waals surface area contributed by atoms with E-state index in [1.165, 1.54) is 41.3 Å². The number of halogens is 5. The molecule has 5 aromatic rings. The maximum absolute atomic E-state index is 13.5. The predicted octanol–water partition coefficient (Wildman–Crippen LogP) is 7.17. The van der Waals surface area contributed by atoms with Crippen LogP contribution in [0.3, 0.4) is 0 Å². The van der Waals surface area contributed by atoms with Gasteiger partial charge in [-0.05, 0) is 60.0 Å². The van der Waals surface area contributed by atoms with E-state index >= 15 is 0 Å². The molecule has 0 spiro atoms. The summed E-state index contributed by atoms with van der Waals surface area (Å²) in [5, 5.41) is 8.31. The van der Waals surface area contributed by atoms with Gasteiger partial charge in [-0.2, -0.15) is 0 Å². The summed E-state index contributed by atoms with van der Waals surface area (Å²) in [6.45, 7) is 6.16. The Hall–Kier alpha value is -4.58. The van der Waals surface area contributed by atoms with Crippen LogP contribution in [0.15, 0.2) is 79.1 Å². The van der Waals surface area contributed by atoms with Gasteiger partial charge in [-0.3, -0.25) is 0 Å². The lowest BCUT2D eigenvalue weighted by molar-refractivity contribution is -0.274. The summed E-state index contributed by atoms with van der Waals surface area (Å²) >= 11 is 0. The van der Waals surface area contributed by atoms with Gasteiger partial charge < -0.3 is 15.0 Å². The minimum absolute atomic E-state index is 0.264. The number of hydrogen-bond donors (Lipinski definition) is 1. The van der Waals surface area contributed by atoms with Gasteiger partial charge in [0.2, 0.25) is 0 Å². The van der Waals surface area contributed by atoms with Crippen LogP contribution in [0, 0.1) is 6.92 Å². The zero-order valence-electron chi connectivity index (χ0n) is 22.9. The second kappa shape index (κ2) is 11.0. The molecular weight excluding hydrogens is 555 g/mol. The van der Waals surface area contributed by atoms with Gasteiger partial charge in [0.05, 0.1) is 23.3 Å². The Labute approximate surface area is 238 Å². The maximum atomic E-state index is 13.5. The van der Waals surface area contributed by atoms with E-state index in [1.54, 1.807) is 17.6 Å². The topological polar surface area (TPSA) is 83.8 Å². The summed E-state index contributed by atoms with van der Waals surface area (Å²) in [6.07, 6.45) is -4.86. The van der Waals surface area contributed by atoms with Gasteiger partial charge in [-0.25, -0.2) is 18.4 Å².